The van der Waals surface area contributed by atoms with Gasteiger partial charge in [0.05, 0.1) is 12.6 Å². The summed E-state index contributed by atoms with van der Waals surface area (Å²) in [7, 11) is 0. The molecular weight excluding hydrogens is 360 g/mol. The number of carbonyl (C=O) groups is 2. The second kappa shape index (κ2) is 7.94. The Balaban J connectivity index is 1.51. The molecule has 0 atom stereocenters. The molecule has 2 heterocycles. The number of para-hydroxylation sites is 1. The average molecular weight is 372 g/mol. The van der Waals surface area contributed by atoms with Gasteiger partial charge in [-0.2, -0.15) is 10.2 Å². The molecule has 26 heavy (non-hydrogen) atoms. The average Bonchev–Trinajstić information content (AvgIpc) is 3.29. The van der Waals surface area contributed by atoms with Gasteiger partial charge in [-0.15, -0.1) is 10.2 Å². The number of aromatic nitrogens is 5. The van der Waals surface area contributed by atoms with Gasteiger partial charge in [0.2, 0.25) is 16.9 Å². The molecule has 0 saturated carbocycles. The first-order chi connectivity index (χ1) is 12.6. The molecule has 0 aliphatic rings. The van der Waals surface area contributed by atoms with Gasteiger partial charge in [0.15, 0.2) is 0 Å². The molecule has 2 aromatic heterocycles. The molecule has 3 rings (SSSR count). The maximum atomic E-state index is 11.8. The number of carbonyl (C=O) groups excluding carboxylic acids is 2. The standard InChI is InChI=1S/C14H12N8O3S/c23-9-4-2-1-3-8(9)6-16-19-10(24)5-11-20-22-14(26-11)18-13(25)12-15-7-17-21-12/h1-4,6-7,23H,5H2,(H,19,24)(H,15,17,21)(H,18,22,25)/b16-6-. The minimum Gasteiger partial charge on any atom is -0.507 e. The van der Waals surface area contributed by atoms with Crippen molar-refractivity contribution in [3.63, 3.8) is 0 Å². The summed E-state index contributed by atoms with van der Waals surface area (Å²) in [5.74, 6) is -0.831. The van der Waals surface area contributed by atoms with E-state index in [9.17, 15) is 14.7 Å². The molecule has 11 nitrogen and oxygen atoms in total. The Morgan fingerprint density at radius 2 is 2.15 bits per heavy atom. The molecule has 12 heteroatoms. The number of aromatic hydroxyl groups is 1. The lowest BCUT2D eigenvalue weighted by molar-refractivity contribution is -0.120. The Bertz CT molecular complexity index is 937. The zero-order valence-corrected chi connectivity index (χ0v) is 13.9. The van der Waals surface area contributed by atoms with Crippen LogP contribution in [0.1, 0.15) is 21.2 Å². The van der Waals surface area contributed by atoms with Crippen LogP contribution in [0.4, 0.5) is 5.13 Å². The van der Waals surface area contributed by atoms with Crippen LogP contribution < -0.4 is 10.7 Å². The summed E-state index contributed by atoms with van der Waals surface area (Å²) in [6, 6.07) is 6.58. The normalized spacial score (nSPS) is 10.8. The van der Waals surface area contributed by atoms with Gasteiger partial charge in [0.1, 0.15) is 17.1 Å². The van der Waals surface area contributed by atoms with Gasteiger partial charge in [0, 0.05) is 5.56 Å². The van der Waals surface area contributed by atoms with Gasteiger partial charge in [-0.25, -0.2) is 10.4 Å². The van der Waals surface area contributed by atoms with Gasteiger partial charge in [-0.05, 0) is 12.1 Å². The van der Waals surface area contributed by atoms with Crippen molar-refractivity contribution in [1.82, 2.24) is 30.8 Å². The molecule has 0 unspecified atom stereocenters. The van der Waals surface area contributed by atoms with Crippen molar-refractivity contribution in [3.05, 3.63) is 47.0 Å². The van der Waals surface area contributed by atoms with Crippen molar-refractivity contribution in [1.29, 1.82) is 0 Å². The topological polar surface area (TPSA) is 158 Å². The lowest BCUT2D eigenvalue weighted by Gasteiger charge is -1.98. The number of rotatable bonds is 6. The Morgan fingerprint density at radius 3 is 2.92 bits per heavy atom. The molecule has 0 bridgehead atoms. The molecule has 1 aromatic carbocycles. The van der Waals surface area contributed by atoms with E-state index in [1.54, 1.807) is 18.2 Å². The van der Waals surface area contributed by atoms with Crippen molar-refractivity contribution >= 4 is 34.5 Å². The second-order valence-electron chi connectivity index (χ2n) is 4.82. The number of H-pyrrole nitrogens is 1. The molecule has 0 saturated heterocycles. The maximum absolute atomic E-state index is 11.8. The molecule has 0 aliphatic heterocycles. The highest BCUT2D eigenvalue weighted by Gasteiger charge is 2.14. The summed E-state index contributed by atoms with van der Waals surface area (Å²) in [6.07, 6.45) is 2.48. The first-order valence-electron chi connectivity index (χ1n) is 7.21. The fourth-order valence-electron chi connectivity index (χ4n) is 1.79. The lowest BCUT2D eigenvalue weighted by atomic mass is 10.2. The number of nitrogens with one attached hydrogen (secondary N) is 3. The fourth-order valence-corrected chi connectivity index (χ4v) is 2.53. The van der Waals surface area contributed by atoms with Crippen LogP contribution in [0.25, 0.3) is 0 Å². The molecule has 3 aromatic rings. The fraction of sp³-hybridized carbons (Fsp3) is 0.0714. The molecule has 4 N–H and O–H groups in total. The third-order valence-electron chi connectivity index (χ3n) is 2.96. The summed E-state index contributed by atoms with van der Waals surface area (Å²) in [6.45, 7) is 0. The number of hydrazone groups is 1. The highest BCUT2D eigenvalue weighted by atomic mass is 32.1. The van der Waals surface area contributed by atoms with E-state index in [0.717, 1.165) is 11.3 Å². The second-order valence-corrected chi connectivity index (χ2v) is 5.88. The van der Waals surface area contributed by atoms with Crippen molar-refractivity contribution in [3.8, 4) is 5.75 Å². The van der Waals surface area contributed by atoms with Gasteiger partial charge < -0.3 is 5.11 Å². The van der Waals surface area contributed by atoms with E-state index in [4.69, 9.17) is 0 Å². The quantitative estimate of drug-likeness (QED) is 0.358. The van der Waals surface area contributed by atoms with E-state index in [2.05, 4.69) is 41.2 Å². The predicted molar refractivity (Wildman–Crippen MR) is 91.8 cm³/mol. The van der Waals surface area contributed by atoms with Crippen molar-refractivity contribution in [2.45, 2.75) is 6.42 Å². The van der Waals surface area contributed by atoms with Crippen LogP contribution >= 0.6 is 11.3 Å². The number of phenols is 1. The smallest absolute Gasteiger partial charge is 0.294 e. The van der Waals surface area contributed by atoms with Crippen molar-refractivity contribution < 1.29 is 14.7 Å². The Morgan fingerprint density at radius 1 is 1.31 bits per heavy atom. The van der Waals surface area contributed by atoms with Crippen molar-refractivity contribution in [2.24, 2.45) is 5.10 Å². The monoisotopic (exact) mass is 372 g/mol. The first-order valence-corrected chi connectivity index (χ1v) is 8.02. The van der Waals surface area contributed by atoms with Gasteiger partial charge in [0.25, 0.3) is 5.91 Å². The highest BCUT2D eigenvalue weighted by molar-refractivity contribution is 7.15. The summed E-state index contributed by atoms with van der Waals surface area (Å²) >= 11 is 1.05. The zero-order chi connectivity index (χ0) is 18.4. The van der Waals surface area contributed by atoms with E-state index >= 15 is 0 Å². The lowest BCUT2D eigenvalue weighted by Crippen LogP contribution is -2.19. The minimum atomic E-state index is -0.512. The zero-order valence-electron chi connectivity index (χ0n) is 13.1. The number of phenolic OH excluding ortho intramolecular Hbond substituents is 1. The van der Waals surface area contributed by atoms with Crippen LogP contribution in [0.5, 0.6) is 5.75 Å². The van der Waals surface area contributed by atoms with E-state index in [1.807, 2.05) is 0 Å². The predicted octanol–water partition coefficient (Wildman–Crippen LogP) is 0.307. The third kappa shape index (κ3) is 4.45. The third-order valence-corrected chi connectivity index (χ3v) is 3.80. The minimum absolute atomic E-state index is 0.0398. The van der Waals surface area contributed by atoms with E-state index < -0.39 is 11.8 Å². The van der Waals surface area contributed by atoms with E-state index in [1.165, 1.54) is 18.6 Å². The van der Waals surface area contributed by atoms with Crippen molar-refractivity contribution in [2.75, 3.05) is 5.32 Å². The molecule has 0 radical (unpaired) electrons. The van der Waals surface area contributed by atoms with Crippen LogP contribution in [0.2, 0.25) is 0 Å². The summed E-state index contributed by atoms with van der Waals surface area (Å²) in [4.78, 5) is 27.3. The Hall–Kier alpha value is -3.67. The molecular formula is C14H12N8O3S. The van der Waals surface area contributed by atoms with Gasteiger partial charge >= 0.3 is 0 Å². The summed E-state index contributed by atoms with van der Waals surface area (Å²) in [5, 5.41) is 30.1. The van der Waals surface area contributed by atoms with Crippen LogP contribution in [0, 0.1) is 0 Å². The van der Waals surface area contributed by atoms with Crippen LogP contribution in [-0.4, -0.2) is 48.5 Å². The summed E-state index contributed by atoms with van der Waals surface area (Å²) in [5.41, 5.74) is 2.80. The Kier molecular flexibility index (Phi) is 5.24. The number of amides is 2. The van der Waals surface area contributed by atoms with Gasteiger partial charge in [-0.1, -0.05) is 23.5 Å². The largest absolute Gasteiger partial charge is 0.507 e. The molecule has 0 fully saturated rings. The molecule has 0 aliphatic carbocycles. The maximum Gasteiger partial charge on any atom is 0.294 e. The van der Waals surface area contributed by atoms with Crippen LogP contribution in [0.15, 0.2) is 35.7 Å². The number of hydrogen-bond donors (Lipinski definition) is 4. The first kappa shape index (κ1) is 17.2. The van der Waals surface area contributed by atoms with E-state index in [-0.39, 0.29) is 23.1 Å². The van der Waals surface area contributed by atoms with Crippen LogP contribution in [-0.2, 0) is 11.2 Å². The number of nitrogens with zero attached hydrogens (tertiary/aromatic N) is 5. The van der Waals surface area contributed by atoms with Gasteiger partial charge in [-0.3, -0.25) is 20.0 Å². The summed E-state index contributed by atoms with van der Waals surface area (Å²) < 4.78 is 0. The molecule has 2 amide bonds. The number of anilines is 1. The molecule has 132 valence electrons. The van der Waals surface area contributed by atoms with Crippen LogP contribution in [0.3, 0.4) is 0 Å². The number of hydrogen-bond acceptors (Lipinski definition) is 9. The SMILES string of the molecule is O=C(Cc1nnc(NC(=O)c2ncn[nH]2)s1)N/N=C\c1ccccc1O. The highest BCUT2D eigenvalue weighted by Crippen LogP contribution is 2.16. The Labute approximate surface area is 150 Å². The van der Waals surface area contributed by atoms with E-state index in [0.29, 0.717) is 10.6 Å². The number of benzene rings is 1. The molecule has 0 spiro atoms. The number of aromatic amines is 1.